The van der Waals surface area contributed by atoms with E-state index in [-0.39, 0.29) is 6.64 Å². The summed E-state index contributed by atoms with van der Waals surface area (Å²) in [6.45, 7) is 4.38. The van der Waals surface area contributed by atoms with Crippen LogP contribution in [0.2, 0.25) is 0 Å². The van der Waals surface area contributed by atoms with Crippen LogP contribution >= 0.6 is 0 Å². The fourth-order valence-electron chi connectivity index (χ4n) is 5.70. The number of anilines is 1. The standard InChI is InChI=1S/C23H36N2/c1-18-11-9-10-16-22(18)24-17-25(21-14-7-4-8-15-21)23(19(24)2)20-12-5-3-6-13-20/h9-11,16,19-21,23H,3-8,12-15,17H2,1-2H3/t19-,23?/m0/s1/i17D/t17?,19-,23?. The average Bonchev–Trinajstić information content (AvgIpc) is 2.94. The quantitative estimate of drug-likeness (QED) is 0.691. The third kappa shape index (κ3) is 3.47. The van der Waals surface area contributed by atoms with Crippen LogP contribution in [0.1, 0.15) is 78.1 Å². The third-order valence-corrected chi connectivity index (χ3v) is 7.06. The van der Waals surface area contributed by atoms with Crippen LogP contribution in [0.15, 0.2) is 24.3 Å². The molecule has 138 valence electrons. The Bertz CT molecular complexity index is 562. The van der Waals surface area contributed by atoms with E-state index < -0.39 is 0 Å². The van der Waals surface area contributed by atoms with E-state index in [4.69, 9.17) is 0 Å². The van der Waals surface area contributed by atoms with E-state index in [1.165, 1.54) is 75.5 Å². The fourth-order valence-corrected chi connectivity index (χ4v) is 5.70. The first kappa shape index (κ1) is 16.2. The lowest BCUT2D eigenvalue weighted by atomic mass is 9.80. The highest BCUT2D eigenvalue weighted by atomic mass is 15.4. The van der Waals surface area contributed by atoms with Crippen molar-refractivity contribution in [2.45, 2.75) is 96.2 Å². The molecule has 2 saturated carbocycles. The molecule has 3 fully saturated rings. The van der Waals surface area contributed by atoms with Crippen molar-refractivity contribution in [2.75, 3.05) is 11.5 Å². The number of aryl methyl sites for hydroxylation is 1. The lowest BCUT2D eigenvalue weighted by molar-refractivity contribution is 0.0867. The van der Waals surface area contributed by atoms with Gasteiger partial charge >= 0.3 is 0 Å². The average molecular weight is 342 g/mol. The van der Waals surface area contributed by atoms with Crippen molar-refractivity contribution in [2.24, 2.45) is 5.92 Å². The zero-order valence-electron chi connectivity index (χ0n) is 17.2. The highest BCUT2D eigenvalue weighted by Gasteiger charge is 2.44. The predicted octanol–water partition coefficient (Wildman–Crippen LogP) is 5.74. The highest BCUT2D eigenvalue weighted by molar-refractivity contribution is 5.55. The Morgan fingerprint density at radius 3 is 2.24 bits per heavy atom. The van der Waals surface area contributed by atoms with Crippen LogP contribution in [-0.4, -0.2) is 29.7 Å². The van der Waals surface area contributed by atoms with Gasteiger partial charge in [0, 0.05) is 23.8 Å². The SMILES string of the molecule is [2H]C1N(C2CCCCC2)C(C2CCCCC2)[C@H](C)N1c1ccccc1C. The maximum absolute atomic E-state index is 9.25. The number of hydrogen-bond donors (Lipinski definition) is 0. The molecule has 1 aromatic carbocycles. The van der Waals surface area contributed by atoms with Gasteiger partial charge in [-0.05, 0) is 57.1 Å². The Balaban J connectivity index is 1.68. The molecule has 4 rings (SSSR count). The van der Waals surface area contributed by atoms with Gasteiger partial charge in [-0.15, -0.1) is 0 Å². The van der Waals surface area contributed by atoms with Crippen LogP contribution in [0, 0.1) is 12.8 Å². The lowest BCUT2D eigenvalue weighted by Gasteiger charge is -2.40. The molecule has 0 spiro atoms. The Hall–Kier alpha value is -1.02. The monoisotopic (exact) mass is 341 g/mol. The van der Waals surface area contributed by atoms with Crippen LogP contribution in [0.3, 0.4) is 0 Å². The van der Waals surface area contributed by atoms with E-state index in [0.29, 0.717) is 18.1 Å². The van der Waals surface area contributed by atoms with Gasteiger partial charge in [0.05, 0.1) is 8.02 Å². The van der Waals surface area contributed by atoms with Gasteiger partial charge in [0.1, 0.15) is 0 Å². The number of para-hydroxylation sites is 1. The molecule has 0 radical (unpaired) electrons. The van der Waals surface area contributed by atoms with E-state index in [0.717, 1.165) is 5.92 Å². The Kier molecular flexibility index (Phi) is 4.98. The maximum atomic E-state index is 9.25. The number of rotatable bonds is 3. The first-order valence-corrected chi connectivity index (χ1v) is 10.7. The van der Waals surface area contributed by atoms with Gasteiger partial charge in [0.15, 0.2) is 0 Å². The van der Waals surface area contributed by atoms with Crippen molar-refractivity contribution in [3.8, 4) is 0 Å². The smallest absolute Gasteiger partial charge is 0.0716 e. The topological polar surface area (TPSA) is 6.48 Å². The zero-order chi connectivity index (χ0) is 18.1. The van der Waals surface area contributed by atoms with Gasteiger partial charge in [0.25, 0.3) is 0 Å². The van der Waals surface area contributed by atoms with Crippen molar-refractivity contribution >= 4 is 5.69 Å². The first-order valence-electron chi connectivity index (χ1n) is 11.3. The second-order valence-electron chi connectivity index (χ2n) is 8.68. The van der Waals surface area contributed by atoms with E-state index in [9.17, 15) is 1.37 Å². The van der Waals surface area contributed by atoms with E-state index >= 15 is 0 Å². The second kappa shape index (κ2) is 7.70. The van der Waals surface area contributed by atoms with E-state index in [1.54, 1.807) is 0 Å². The summed E-state index contributed by atoms with van der Waals surface area (Å²) < 4.78 is 9.25. The Morgan fingerprint density at radius 1 is 0.920 bits per heavy atom. The normalized spacial score (nSPS) is 33.6. The molecule has 2 heteroatoms. The summed E-state index contributed by atoms with van der Waals surface area (Å²) in [5, 5.41) is 0. The molecule has 1 heterocycles. The molecule has 0 aromatic heterocycles. The molecule has 1 saturated heterocycles. The minimum atomic E-state index is -0.221. The fraction of sp³-hybridized carbons (Fsp3) is 0.739. The number of nitrogens with zero attached hydrogens (tertiary/aromatic N) is 2. The molecule has 0 bridgehead atoms. The van der Waals surface area contributed by atoms with Crippen LogP contribution in [0.4, 0.5) is 5.69 Å². The summed E-state index contributed by atoms with van der Waals surface area (Å²) in [7, 11) is 0. The molecule has 0 amide bonds. The van der Waals surface area contributed by atoms with Crippen molar-refractivity contribution in [3.63, 3.8) is 0 Å². The Labute approximate surface area is 156 Å². The van der Waals surface area contributed by atoms with Crippen molar-refractivity contribution in [3.05, 3.63) is 29.8 Å². The van der Waals surface area contributed by atoms with Gasteiger partial charge in [0.2, 0.25) is 0 Å². The Morgan fingerprint density at radius 2 is 1.56 bits per heavy atom. The van der Waals surface area contributed by atoms with Crippen molar-refractivity contribution < 1.29 is 1.37 Å². The van der Waals surface area contributed by atoms with Crippen LogP contribution in [-0.2, 0) is 0 Å². The molecule has 1 aromatic rings. The van der Waals surface area contributed by atoms with E-state index in [1.807, 2.05) is 0 Å². The molecule has 2 unspecified atom stereocenters. The third-order valence-electron chi connectivity index (χ3n) is 7.06. The number of benzene rings is 1. The highest BCUT2D eigenvalue weighted by Crippen LogP contribution is 2.41. The molecule has 2 aliphatic carbocycles. The molecule has 3 atom stereocenters. The van der Waals surface area contributed by atoms with Gasteiger partial charge in [-0.2, -0.15) is 0 Å². The minimum Gasteiger partial charge on any atom is -0.354 e. The lowest BCUT2D eigenvalue weighted by Crippen LogP contribution is -2.47. The van der Waals surface area contributed by atoms with Gasteiger partial charge in [-0.1, -0.05) is 56.7 Å². The molecule has 1 aliphatic heterocycles. The van der Waals surface area contributed by atoms with Gasteiger partial charge < -0.3 is 4.90 Å². The van der Waals surface area contributed by atoms with Crippen LogP contribution in [0.5, 0.6) is 0 Å². The molecule has 0 N–H and O–H groups in total. The molecule has 3 aliphatic rings. The maximum Gasteiger partial charge on any atom is 0.0716 e. The summed E-state index contributed by atoms with van der Waals surface area (Å²) in [6, 6.07) is 10.3. The summed E-state index contributed by atoms with van der Waals surface area (Å²) in [4.78, 5) is 5.09. The summed E-state index contributed by atoms with van der Waals surface area (Å²) in [5.74, 6) is 0.780. The predicted molar refractivity (Wildman–Crippen MR) is 107 cm³/mol. The first-order chi connectivity index (χ1) is 12.7. The van der Waals surface area contributed by atoms with Gasteiger partial charge in [-0.3, -0.25) is 4.90 Å². The summed E-state index contributed by atoms with van der Waals surface area (Å²) in [6.07, 6.45) is 13.6. The molecular weight excluding hydrogens is 304 g/mol. The van der Waals surface area contributed by atoms with Crippen LogP contribution in [0.25, 0.3) is 0 Å². The van der Waals surface area contributed by atoms with E-state index in [2.05, 4.69) is 47.9 Å². The van der Waals surface area contributed by atoms with Crippen LogP contribution < -0.4 is 4.90 Å². The molecule has 25 heavy (non-hydrogen) atoms. The van der Waals surface area contributed by atoms with Crippen molar-refractivity contribution in [1.82, 2.24) is 4.90 Å². The largest absolute Gasteiger partial charge is 0.354 e. The van der Waals surface area contributed by atoms with Gasteiger partial charge in [-0.25, -0.2) is 0 Å². The minimum absolute atomic E-state index is 0.221. The molecular formula is C23H36N2. The van der Waals surface area contributed by atoms with Crippen molar-refractivity contribution in [1.29, 1.82) is 0 Å². The zero-order valence-corrected chi connectivity index (χ0v) is 16.2. The second-order valence-corrected chi connectivity index (χ2v) is 8.68. The summed E-state index contributed by atoms with van der Waals surface area (Å²) >= 11 is 0. The number of hydrogen-bond acceptors (Lipinski definition) is 2. The summed E-state index contributed by atoms with van der Waals surface area (Å²) in [5.41, 5.74) is 2.59. The molecule has 2 nitrogen and oxygen atoms in total.